The number of hydrogen-bond acceptors (Lipinski definition) is 1. The minimum absolute atomic E-state index is 0.715. The number of rotatable bonds is 0. The molecule has 0 N–H and O–H groups in total. The Balaban J connectivity index is 2.07. The van der Waals surface area contributed by atoms with Crippen LogP contribution in [0.3, 0.4) is 0 Å². The summed E-state index contributed by atoms with van der Waals surface area (Å²) in [6, 6.07) is 8.13. The Kier molecular flexibility index (Phi) is 2.81. The molecule has 3 rings (SSSR count). The summed E-state index contributed by atoms with van der Waals surface area (Å²) in [4.78, 5) is 4.44. The van der Waals surface area contributed by atoms with E-state index >= 15 is 0 Å². The smallest absolute Gasteiger partial charge is 0.0592 e. The Hall–Kier alpha value is -1.05. The minimum Gasteiger partial charge on any atom is -0.259 e. The van der Waals surface area contributed by atoms with Crippen LogP contribution in [0.1, 0.15) is 22.4 Å². The highest BCUT2D eigenvalue weighted by atomic mass is 35.5. The number of halogens is 2. The zero-order valence-electron chi connectivity index (χ0n) is 9.21. The van der Waals surface area contributed by atoms with Crippen LogP contribution >= 0.6 is 23.2 Å². The zero-order chi connectivity index (χ0) is 11.8. The van der Waals surface area contributed by atoms with Crippen LogP contribution in [0.2, 0.25) is 10.0 Å². The molecule has 0 fully saturated rings. The van der Waals surface area contributed by atoms with E-state index < -0.39 is 0 Å². The third-order valence-electron chi connectivity index (χ3n) is 3.22. The molecule has 2 aromatic rings. The van der Waals surface area contributed by atoms with Crippen LogP contribution in [0, 0.1) is 0 Å². The molecule has 0 spiro atoms. The largest absolute Gasteiger partial charge is 0.259 e. The third kappa shape index (κ3) is 2.18. The molecule has 0 radical (unpaired) electrons. The topological polar surface area (TPSA) is 12.9 Å². The lowest BCUT2D eigenvalue weighted by molar-refractivity contribution is 0.952. The Morgan fingerprint density at radius 2 is 1.65 bits per heavy atom. The van der Waals surface area contributed by atoms with Crippen molar-refractivity contribution in [1.82, 2.24) is 4.98 Å². The standard InChI is InChI=1S/C14H11Cl2N/c15-12-4-3-10-7-14-11(2-1-9(10)5-12)6-13(16)8-17-14/h3-6,8H,1-2,7H2. The monoisotopic (exact) mass is 263 g/mol. The number of nitrogens with zero attached hydrogens (tertiary/aromatic N) is 1. The Morgan fingerprint density at radius 3 is 2.53 bits per heavy atom. The molecule has 3 heteroatoms. The molecule has 0 aliphatic heterocycles. The van der Waals surface area contributed by atoms with Crippen LogP contribution in [-0.4, -0.2) is 4.98 Å². The molecule has 86 valence electrons. The van der Waals surface area contributed by atoms with Gasteiger partial charge in [-0.2, -0.15) is 0 Å². The molecule has 0 bridgehead atoms. The lowest BCUT2D eigenvalue weighted by atomic mass is 10.0. The quantitative estimate of drug-likeness (QED) is 0.698. The van der Waals surface area contributed by atoms with Gasteiger partial charge >= 0.3 is 0 Å². The van der Waals surface area contributed by atoms with Crippen LogP contribution in [0.4, 0.5) is 0 Å². The van der Waals surface area contributed by atoms with E-state index in [4.69, 9.17) is 23.2 Å². The molecule has 0 unspecified atom stereocenters. The van der Waals surface area contributed by atoms with Crippen molar-refractivity contribution in [2.45, 2.75) is 19.3 Å². The van der Waals surface area contributed by atoms with Crippen molar-refractivity contribution in [3.63, 3.8) is 0 Å². The first-order chi connectivity index (χ1) is 8.22. The summed E-state index contributed by atoms with van der Waals surface area (Å²) in [5.41, 5.74) is 5.04. The van der Waals surface area contributed by atoms with Gasteiger partial charge in [-0.25, -0.2) is 0 Å². The average molecular weight is 264 g/mol. The highest BCUT2D eigenvalue weighted by molar-refractivity contribution is 6.30. The van der Waals surface area contributed by atoms with E-state index in [1.807, 2.05) is 12.1 Å². The van der Waals surface area contributed by atoms with E-state index in [9.17, 15) is 0 Å². The number of pyridine rings is 1. The fourth-order valence-electron chi connectivity index (χ4n) is 2.33. The Labute approximate surface area is 110 Å². The lowest BCUT2D eigenvalue weighted by Gasteiger charge is -2.05. The van der Waals surface area contributed by atoms with E-state index in [-0.39, 0.29) is 0 Å². The summed E-state index contributed by atoms with van der Waals surface area (Å²) in [6.07, 6.45) is 4.58. The fourth-order valence-corrected chi connectivity index (χ4v) is 2.71. The van der Waals surface area contributed by atoms with E-state index in [2.05, 4.69) is 17.1 Å². The first-order valence-corrected chi connectivity index (χ1v) is 6.38. The number of aryl methyl sites for hydroxylation is 2. The van der Waals surface area contributed by atoms with Gasteiger partial charge in [-0.1, -0.05) is 29.3 Å². The predicted octanol–water partition coefficient (Wildman–Crippen LogP) is 4.08. The first-order valence-electron chi connectivity index (χ1n) is 5.63. The van der Waals surface area contributed by atoms with Gasteiger partial charge in [0.15, 0.2) is 0 Å². The molecule has 0 saturated heterocycles. The summed E-state index contributed by atoms with van der Waals surface area (Å²) < 4.78 is 0. The highest BCUT2D eigenvalue weighted by Gasteiger charge is 2.14. The molecular formula is C14H11Cl2N. The normalized spacial score (nSPS) is 13.8. The van der Waals surface area contributed by atoms with Crippen LogP contribution in [0.25, 0.3) is 0 Å². The summed E-state index contributed by atoms with van der Waals surface area (Å²) in [6.45, 7) is 0. The molecule has 0 saturated carbocycles. The maximum atomic E-state index is 6.03. The maximum Gasteiger partial charge on any atom is 0.0592 e. The van der Waals surface area contributed by atoms with Crippen molar-refractivity contribution in [3.05, 3.63) is 62.9 Å². The average Bonchev–Trinajstić information content (AvgIpc) is 2.48. The Morgan fingerprint density at radius 1 is 0.882 bits per heavy atom. The summed E-state index contributed by atoms with van der Waals surface area (Å²) in [7, 11) is 0. The van der Waals surface area contributed by atoms with Crippen molar-refractivity contribution < 1.29 is 0 Å². The molecule has 1 heterocycles. The molecule has 1 aliphatic rings. The van der Waals surface area contributed by atoms with E-state index in [0.717, 1.165) is 30.0 Å². The first kappa shape index (κ1) is 11.1. The zero-order valence-corrected chi connectivity index (χ0v) is 10.7. The van der Waals surface area contributed by atoms with Crippen LogP contribution in [0.5, 0.6) is 0 Å². The van der Waals surface area contributed by atoms with Crippen LogP contribution in [0.15, 0.2) is 30.5 Å². The predicted molar refractivity (Wildman–Crippen MR) is 70.9 cm³/mol. The lowest BCUT2D eigenvalue weighted by Crippen LogP contribution is -1.96. The summed E-state index contributed by atoms with van der Waals surface area (Å²) in [5.74, 6) is 0. The molecular weight excluding hydrogens is 253 g/mol. The second kappa shape index (κ2) is 4.32. The van der Waals surface area contributed by atoms with Gasteiger partial charge in [0.25, 0.3) is 0 Å². The molecule has 0 amide bonds. The van der Waals surface area contributed by atoms with Gasteiger partial charge in [-0.05, 0) is 47.7 Å². The molecule has 1 aromatic carbocycles. The van der Waals surface area contributed by atoms with E-state index in [1.165, 1.54) is 16.7 Å². The number of benzene rings is 1. The van der Waals surface area contributed by atoms with Gasteiger partial charge in [0.05, 0.1) is 5.02 Å². The molecule has 1 aromatic heterocycles. The third-order valence-corrected chi connectivity index (χ3v) is 3.66. The Bertz CT molecular complexity index is 527. The summed E-state index contributed by atoms with van der Waals surface area (Å²) in [5, 5.41) is 1.52. The highest BCUT2D eigenvalue weighted by Crippen LogP contribution is 2.26. The second-order valence-electron chi connectivity index (χ2n) is 4.35. The molecule has 17 heavy (non-hydrogen) atoms. The number of hydrogen-bond donors (Lipinski definition) is 0. The maximum absolute atomic E-state index is 6.03. The molecule has 0 atom stereocenters. The van der Waals surface area contributed by atoms with Crippen molar-refractivity contribution in [1.29, 1.82) is 0 Å². The van der Waals surface area contributed by atoms with Gasteiger partial charge in [0.2, 0.25) is 0 Å². The fraction of sp³-hybridized carbons (Fsp3) is 0.214. The molecule has 1 aliphatic carbocycles. The van der Waals surface area contributed by atoms with Crippen LogP contribution < -0.4 is 0 Å². The van der Waals surface area contributed by atoms with Gasteiger partial charge in [0.1, 0.15) is 0 Å². The number of aromatic nitrogens is 1. The summed E-state index contributed by atoms with van der Waals surface area (Å²) >= 11 is 12.0. The van der Waals surface area contributed by atoms with Gasteiger partial charge in [-0.15, -0.1) is 0 Å². The minimum atomic E-state index is 0.715. The van der Waals surface area contributed by atoms with Gasteiger partial charge < -0.3 is 0 Å². The van der Waals surface area contributed by atoms with Gasteiger partial charge in [0, 0.05) is 23.3 Å². The van der Waals surface area contributed by atoms with Crippen molar-refractivity contribution in [2.24, 2.45) is 0 Å². The number of fused-ring (bicyclic) bond motifs is 2. The van der Waals surface area contributed by atoms with Crippen molar-refractivity contribution in [2.75, 3.05) is 0 Å². The van der Waals surface area contributed by atoms with Crippen LogP contribution in [-0.2, 0) is 19.3 Å². The molecule has 1 nitrogen and oxygen atoms in total. The van der Waals surface area contributed by atoms with Crippen molar-refractivity contribution >= 4 is 23.2 Å². The van der Waals surface area contributed by atoms with Gasteiger partial charge in [-0.3, -0.25) is 4.98 Å². The van der Waals surface area contributed by atoms with E-state index in [0.29, 0.717) is 5.02 Å². The SMILES string of the molecule is Clc1ccc2c(c1)CCc1cc(Cl)cnc1C2. The second-order valence-corrected chi connectivity index (χ2v) is 5.22. The van der Waals surface area contributed by atoms with E-state index in [1.54, 1.807) is 6.20 Å². The van der Waals surface area contributed by atoms with Crippen molar-refractivity contribution in [3.8, 4) is 0 Å².